The highest BCUT2D eigenvalue weighted by Gasteiger charge is 2.17. The van der Waals surface area contributed by atoms with Crippen LogP contribution in [0.1, 0.15) is 25.8 Å². The van der Waals surface area contributed by atoms with Crippen molar-refractivity contribution in [1.29, 1.82) is 0 Å². The summed E-state index contributed by atoms with van der Waals surface area (Å²) in [4.78, 5) is 11.6. The fraction of sp³-hybridized carbons (Fsp3) is 0.533. The average Bonchev–Trinajstić information content (AvgIpc) is 2.39. The van der Waals surface area contributed by atoms with Gasteiger partial charge in [-0.15, -0.1) is 0 Å². The van der Waals surface area contributed by atoms with Crippen molar-refractivity contribution in [1.82, 2.24) is 10.6 Å². The van der Waals surface area contributed by atoms with Crippen LogP contribution < -0.4 is 10.6 Å². The summed E-state index contributed by atoms with van der Waals surface area (Å²) in [6.45, 7) is 4.65. The smallest absolute Gasteiger partial charge is 0.314 e. The number of nitrogens with one attached hydrogen (secondary N) is 2. The first-order valence-corrected chi connectivity index (χ1v) is 6.90. The summed E-state index contributed by atoms with van der Waals surface area (Å²) in [5.41, 5.74) is 0.173. The van der Waals surface area contributed by atoms with Gasteiger partial charge in [0, 0.05) is 25.8 Å². The normalized spacial score (nSPS) is 11.3. The van der Waals surface area contributed by atoms with Crippen molar-refractivity contribution in [3.05, 3.63) is 35.4 Å². The van der Waals surface area contributed by atoms with Gasteiger partial charge in [-0.2, -0.15) is 0 Å². The first kappa shape index (κ1) is 17.4. The van der Waals surface area contributed by atoms with E-state index < -0.39 is 11.6 Å². The lowest BCUT2D eigenvalue weighted by Crippen LogP contribution is -2.41. The number of amides is 2. The zero-order chi connectivity index (χ0) is 15.9. The molecule has 0 saturated heterocycles. The molecule has 1 aromatic carbocycles. The maximum absolute atomic E-state index is 13.4. The van der Waals surface area contributed by atoms with E-state index in [1.54, 1.807) is 0 Å². The molecule has 4 nitrogen and oxygen atoms in total. The van der Waals surface area contributed by atoms with E-state index in [-0.39, 0.29) is 24.6 Å². The van der Waals surface area contributed by atoms with Crippen LogP contribution in [0.15, 0.2) is 18.2 Å². The Morgan fingerprint density at radius 2 is 2.00 bits per heavy atom. The molecule has 6 heteroatoms. The van der Waals surface area contributed by atoms with Crippen LogP contribution in [0.4, 0.5) is 13.6 Å². The van der Waals surface area contributed by atoms with Gasteiger partial charge in [0.2, 0.25) is 0 Å². The third-order valence-corrected chi connectivity index (χ3v) is 3.21. The van der Waals surface area contributed by atoms with Gasteiger partial charge in [0.05, 0.1) is 0 Å². The molecule has 0 aliphatic carbocycles. The lowest BCUT2D eigenvalue weighted by Gasteiger charge is -2.23. The molecule has 0 aliphatic rings. The summed E-state index contributed by atoms with van der Waals surface area (Å²) < 4.78 is 26.1. The van der Waals surface area contributed by atoms with Crippen LogP contribution in [0.2, 0.25) is 0 Å². The minimum Gasteiger partial charge on any atom is -0.396 e. The van der Waals surface area contributed by atoms with E-state index in [4.69, 9.17) is 5.11 Å². The molecule has 0 spiro atoms. The van der Waals surface area contributed by atoms with Gasteiger partial charge in [0.15, 0.2) is 0 Å². The van der Waals surface area contributed by atoms with E-state index in [0.717, 1.165) is 6.07 Å². The Morgan fingerprint density at radius 1 is 1.29 bits per heavy atom. The molecule has 0 atom stereocenters. The zero-order valence-corrected chi connectivity index (χ0v) is 12.4. The minimum atomic E-state index is -0.618. The van der Waals surface area contributed by atoms with Gasteiger partial charge < -0.3 is 15.7 Å². The van der Waals surface area contributed by atoms with Crippen LogP contribution in [-0.2, 0) is 6.42 Å². The van der Waals surface area contributed by atoms with Crippen LogP contribution in [0, 0.1) is 17.0 Å². The van der Waals surface area contributed by atoms with Gasteiger partial charge >= 0.3 is 6.03 Å². The molecule has 21 heavy (non-hydrogen) atoms. The van der Waals surface area contributed by atoms with E-state index in [0.29, 0.717) is 24.9 Å². The largest absolute Gasteiger partial charge is 0.396 e. The number of hydrogen-bond donors (Lipinski definition) is 3. The molecule has 0 aliphatic heterocycles. The Kier molecular flexibility index (Phi) is 6.55. The molecule has 3 N–H and O–H groups in total. The molecule has 0 radical (unpaired) electrons. The average molecular weight is 300 g/mol. The number of benzene rings is 1. The highest BCUT2D eigenvalue weighted by atomic mass is 19.1. The SMILES string of the molecule is CC(C)(CCO)CNC(=O)NCCc1ccc(F)cc1F. The van der Waals surface area contributed by atoms with Crippen molar-refractivity contribution in [3.8, 4) is 0 Å². The van der Waals surface area contributed by atoms with E-state index in [1.807, 2.05) is 13.8 Å². The van der Waals surface area contributed by atoms with Crippen molar-refractivity contribution in [3.63, 3.8) is 0 Å². The van der Waals surface area contributed by atoms with Crippen molar-refractivity contribution in [2.24, 2.45) is 5.41 Å². The third-order valence-electron chi connectivity index (χ3n) is 3.21. The van der Waals surface area contributed by atoms with Crippen LogP contribution in [0.25, 0.3) is 0 Å². The monoisotopic (exact) mass is 300 g/mol. The van der Waals surface area contributed by atoms with Crippen molar-refractivity contribution >= 4 is 6.03 Å². The number of carbonyl (C=O) groups is 1. The Hall–Kier alpha value is -1.69. The molecule has 0 aromatic heterocycles. The van der Waals surface area contributed by atoms with Crippen molar-refractivity contribution in [2.45, 2.75) is 26.7 Å². The van der Waals surface area contributed by atoms with Gasteiger partial charge in [-0.3, -0.25) is 0 Å². The second-order valence-corrected chi connectivity index (χ2v) is 5.73. The molecule has 0 saturated carbocycles. The summed E-state index contributed by atoms with van der Waals surface area (Å²) in [5.74, 6) is -1.23. The zero-order valence-electron chi connectivity index (χ0n) is 12.4. The van der Waals surface area contributed by atoms with Crippen LogP contribution >= 0.6 is 0 Å². The second kappa shape index (κ2) is 7.93. The predicted molar refractivity (Wildman–Crippen MR) is 76.9 cm³/mol. The summed E-state index contributed by atoms with van der Waals surface area (Å²) >= 11 is 0. The van der Waals surface area contributed by atoms with Gasteiger partial charge in [-0.05, 0) is 29.9 Å². The molecule has 0 heterocycles. The number of rotatable bonds is 7. The first-order valence-electron chi connectivity index (χ1n) is 6.90. The molecule has 1 aromatic rings. The van der Waals surface area contributed by atoms with Crippen molar-refractivity contribution in [2.75, 3.05) is 19.7 Å². The van der Waals surface area contributed by atoms with Gasteiger partial charge in [-0.25, -0.2) is 13.6 Å². The maximum atomic E-state index is 13.4. The lowest BCUT2D eigenvalue weighted by molar-refractivity contribution is 0.201. The summed E-state index contributed by atoms with van der Waals surface area (Å²) in [5, 5.41) is 14.2. The number of aliphatic hydroxyl groups is 1. The minimum absolute atomic E-state index is 0.0696. The standard InChI is InChI=1S/C15H22F2N2O2/c1-15(2,6-8-20)10-19-14(21)18-7-5-11-3-4-12(16)9-13(11)17/h3-4,9,20H,5-8,10H2,1-2H3,(H2,18,19,21). The van der Waals surface area contributed by atoms with E-state index in [9.17, 15) is 13.6 Å². The predicted octanol–water partition coefficient (Wildman–Crippen LogP) is 2.22. The molecule has 0 fully saturated rings. The Balaban J connectivity index is 2.30. The molecule has 0 bridgehead atoms. The van der Waals surface area contributed by atoms with Crippen LogP contribution in [-0.4, -0.2) is 30.8 Å². The fourth-order valence-electron chi connectivity index (χ4n) is 1.81. The van der Waals surface area contributed by atoms with Crippen LogP contribution in [0.3, 0.4) is 0 Å². The highest BCUT2D eigenvalue weighted by molar-refractivity contribution is 5.73. The lowest BCUT2D eigenvalue weighted by atomic mass is 9.90. The second-order valence-electron chi connectivity index (χ2n) is 5.73. The maximum Gasteiger partial charge on any atom is 0.314 e. The van der Waals surface area contributed by atoms with Gasteiger partial charge in [0.25, 0.3) is 0 Å². The molecule has 118 valence electrons. The number of urea groups is 1. The van der Waals surface area contributed by atoms with E-state index in [2.05, 4.69) is 10.6 Å². The Bertz CT molecular complexity index is 479. The van der Waals surface area contributed by atoms with E-state index >= 15 is 0 Å². The van der Waals surface area contributed by atoms with Gasteiger partial charge in [0.1, 0.15) is 11.6 Å². The quantitative estimate of drug-likeness (QED) is 0.723. The number of aliphatic hydroxyl groups excluding tert-OH is 1. The first-order chi connectivity index (χ1) is 9.84. The number of hydrogen-bond acceptors (Lipinski definition) is 2. The Morgan fingerprint density at radius 3 is 2.62 bits per heavy atom. The molecule has 2 amide bonds. The molecule has 1 rings (SSSR count). The molecular weight excluding hydrogens is 278 g/mol. The molecule has 0 unspecified atom stereocenters. The third kappa shape index (κ3) is 6.53. The summed E-state index contributed by atoms with van der Waals surface area (Å²) in [7, 11) is 0. The van der Waals surface area contributed by atoms with Crippen LogP contribution in [0.5, 0.6) is 0 Å². The van der Waals surface area contributed by atoms with Gasteiger partial charge in [-0.1, -0.05) is 19.9 Å². The molecular formula is C15H22F2N2O2. The Labute approximate surface area is 123 Å². The number of halogens is 2. The highest BCUT2D eigenvalue weighted by Crippen LogP contribution is 2.17. The number of carbonyl (C=O) groups excluding carboxylic acids is 1. The fourth-order valence-corrected chi connectivity index (χ4v) is 1.81. The van der Waals surface area contributed by atoms with E-state index in [1.165, 1.54) is 12.1 Å². The van der Waals surface area contributed by atoms with Crippen molar-refractivity contribution < 1.29 is 18.7 Å². The topological polar surface area (TPSA) is 61.4 Å². The summed E-state index contributed by atoms with van der Waals surface area (Å²) in [6, 6.07) is 3.04. The summed E-state index contributed by atoms with van der Waals surface area (Å²) in [6.07, 6.45) is 0.883.